The van der Waals surface area contributed by atoms with Crippen LogP contribution in [0, 0.1) is 12.7 Å². The number of nitrogens with zero attached hydrogens (tertiary/aromatic N) is 1. The Morgan fingerprint density at radius 1 is 1.19 bits per heavy atom. The van der Waals surface area contributed by atoms with Gasteiger partial charge >= 0.3 is 0 Å². The maximum atomic E-state index is 13.2. The number of fused-ring (bicyclic) bond motifs is 1. The molecule has 2 aromatic carbocycles. The van der Waals surface area contributed by atoms with Gasteiger partial charge in [0, 0.05) is 25.0 Å². The number of aryl methyl sites for hydroxylation is 1. The van der Waals surface area contributed by atoms with E-state index in [1.807, 2.05) is 12.1 Å². The van der Waals surface area contributed by atoms with Gasteiger partial charge in [-0.1, -0.05) is 30.3 Å². The summed E-state index contributed by atoms with van der Waals surface area (Å²) in [4.78, 5) is 2.31. The largest absolute Gasteiger partial charge is 0.329 e. The lowest BCUT2D eigenvalue weighted by molar-refractivity contribution is 0.223. The van der Waals surface area contributed by atoms with Crippen molar-refractivity contribution in [2.45, 2.75) is 18.9 Å². The molecule has 0 aromatic heterocycles. The third kappa shape index (κ3) is 2.47. The van der Waals surface area contributed by atoms with E-state index in [0.717, 1.165) is 12.1 Å². The minimum absolute atomic E-state index is 0.188. The van der Waals surface area contributed by atoms with Gasteiger partial charge in [-0.05, 0) is 48.4 Å². The number of rotatable bonds is 2. The maximum absolute atomic E-state index is 13.2. The van der Waals surface area contributed by atoms with Crippen LogP contribution in [0.5, 0.6) is 0 Å². The first-order valence-electron chi connectivity index (χ1n) is 7.37. The highest BCUT2D eigenvalue weighted by molar-refractivity contribution is 5.46. The number of likely N-dealkylation sites (N-methyl/N-ethyl adjacent to an activating group) is 1. The van der Waals surface area contributed by atoms with Gasteiger partial charge in [0.05, 0.1) is 0 Å². The van der Waals surface area contributed by atoms with Crippen molar-refractivity contribution in [2.75, 3.05) is 20.1 Å². The van der Waals surface area contributed by atoms with Crippen LogP contribution in [-0.2, 0) is 0 Å². The normalized spacial score (nSPS) is 22.1. The smallest absolute Gasteiger partial charge is 0.123 e. The van der Waals surface area contributed by atoms with Crippen molar-refractivity contribution in [3.63, 3.8) is 0 Å². The van der Waals surface area contributed by atoms with Crippen molar-refractivity contribution < 1.29 is 4.39 Å². The Labute approximate surface area is 125 Å². The van der Waals surface area contributed by atoms with Crippen molar-refractivity contribution >= 4 is 0 Å². The minimum atomic E-state index is -0.188. The highest BCUT2D eigenvalue weighted by Crippen LogP contribution is 2.39. The van der Waals surface area contributed by atoms with Gasteiger partial charge in [-0.3, -0.25) is 4.90 Å². The second-order valence-electron chi connectivity index (χ2n) is 5.87. The van der Waals surface area contributed by atoms with Crippen molar-refractivity contribution in [1.29, 1.82) is 0 Å². The zero-order valence-electron chi connectivity index (χ0n) is 12.5. The van der Waals surface area contributed by atoms with Crippen LogP contribution in [0.2, 0.25) is 0 Å². The summed E-state index contributed by atoms with van der Waals surface area (Å²) in [5, 5.41) is 0. The lowest BCUT2D eigenvalue weighted by Gasteiger charge is -2.40. The molecule has 3 rings (SSSR count). The van der Waals surface area contributed by atoms with Crippen LogP contribution >= 0.6 is 0 Å². The summed E-state index contributed by atoms with van der Waals surface area (Å²) in [5.41, 5.74) is 11.1. The summed E-state index contributed by atoms with van der Waals surface area (Å²) in [6.07, 6.45) is 0. The molecule has 0 saturated heterocycles. The predicted molar refractivity (Wildman–Crippen MR) is 83.8 cm³/mol. The Hall–Kier alpha value is -1.71. The van der Waals surface area contributed by atoms with Gasteiger partial charge in [-0.15, -0.1) is 0 Å². The van der Waals surface area contributed by atoms with Crippen LogP contribution in [-0.4, -0.2) is 25.0 Å². The Kier molecular flexibility index (Phi) is 3.79. The van der Waals surface area contributed by atoms with E-state index in [-0.39, 0.29) is 17.8 Å². The highest BCUT2D eigenvalue weighted by atomic mass is 19.1. The average molecular weight is 284 g/mol. The van der Waals surface area contributed by atoms with E-state index < -0.39 is 0 Å². The minimum Gasteiger partial charge on any atom is -0.329 e. The lowest BCUT2D eigenvalue weighted by Crippen LogP contribution is -2.39. The van der Waals surface area contributed by atoms with Gasteiger partial charge in [-0.25, -0.2) is 4.39 Å². The number of halogens is 1. The molecule has 0 aliphatic carbocycles. The van der Waals surface area contributed by atoms with Crippen LogP contribution < -0.4 is 5.73 Å². The Morgan fingerprint density at radius 3 is 2.57 bits per heavy atom. The van der Waals surface area contributed by atoms with E-state index in [0.29, 0.717) is 6.54 Å². The van der Waals surface area contributed by atoms with Crippen LogP contribution in [0.15, 0.2) is 42.5 Å². The number of hydrogen-bond donors (Lipinski definition) is 1. The second kappa shape index (κ2) is 5.58. The summed E-state index contributed by atoms with van der Waals surface area (Å²) in [7, 11) is 2.11. The molecule has 0 saturated carbocycles. The van der Waals surface area contributed by atoms with E-state index in [4.69, 9.17) is 5.73 Å². The molecule has 3 heteroatoms. The van der Waals surface area contributed by atoms with Crippen LogP contribution in [0.1, 0.15) is 34.2 Å². The van der Waals surface area contributed by atoms with Crippen molar-refractivity contribution in [2.24, 2.45) is 5.73 Å². The summed E-state index contributed by atoms with van der Waals surface area (Å²) < 4.78 is 13.2. The van der Waals surface area contributed by atoms with E-state index in [1.165, 1.54) is 16.7 Å². The Bertz CT molecular complexity index is 636. The molecule has 0 radical (unpaired) electrons. The van der Waals surface area contributed by atoms with Gasteiger partial charge in [0.2, 0.25) is 0 Å². The van der Waals surface area contributed by atoms with E-state index >= 15 is 0 Å². The molecule has 2 nitrogen and oxygen atoms in total. The molecule has 2 unspecified atom stereocenters. The summed E-state index contributed by atoms with van der Waals surface area (Å²) >= 11 is 0. The van der Waals surface area contributed by atoms with Gasteiger partial charge < -0.3 is 5.73 Å². The average Bonchev–Trinajstić information content (AvgIpc) is 2.48. The topological polar surface area (TPSA) is 29.3 Å². The zero-order chi connectivity index (χ0) is 15.0. The maximum Gasteiger partial charge on any atom is 0.123 e. The molecule has 1 aliphatic heterocycles. The summed E-state index contributed by atoms with van der Waals surface area (Å²) in [6.45, 7) is 3.66. The molecule has 2 N–H and O–H groups in total. The van der Waals surface area contributed by atoms with E-state index in [1.54, 1.807) is 12.1 Å². The third-order valence-electron chi connectivity index (χ3n) is 4.56. The second-order valence-corrected chi connectivity index (χ2v) is 5.87. The van der Waals surface area contributed by atoms with E-state index in [2.05, 4.69) is 37.1 Å². The van der Waals surface area contributed by atoms with Gasteiger partial charge in [0.15, 0.2) is 0 Å². The molecule has 2 atom stereocenters. The molecule has 110 valence electrons. The fourth-order valence-corrected chi connectivity index (χ4v) is 3.47. The first kappa shape index (κ1) is 14.2. The van der Waals surface area contributed by atoms with Crippen LogP contribution in [0.4, 0.5) is 4.39 Å². The number of hydrogen-bond acceptors (Lipinski definition) is 2. The van der Waals surface area contributed by atoms with Crippen molar-refractivity contribution in [3.8, 4) is 0 Å². The zero-order valence-corrected chi connectivity index (χ0v) is 12.5. The van der Waals surface area contributed by atoms with E-state index in [9.17, 15) is 4.39 Å². The van der Waals surface area contributed by atoms with Gasteiger partial charge in [0.1, 0.15) is 5.82 Å². The molecule has 1 aliphatic rings. The fourth-order valence-electron chi connectivity index (χ4n) is 3.47. The molecule has 0 amide bonds. The van der Waals surface area contributed by atoms with Gasteiger partial charge in [-0.2, -0.15) is 0 Å². The SMILES string of the molecule is Cc1cccc2c1C(CN)N(C)CC2c1ccc(F)cc1. The molecule has 0 spiro atoms. The lowest BCUT2D eigenvalue weighted by atomic mass is 9.80. The molecule has 2 aromatic rings. The summed E-state index contributed by atoms with van der Waals surface area (Å²) in [5.74, 6) is 0.0838. The number of nitrogens with two attached hydrogens (primary N) is 1. The first-order chi connectivity index (χ1) is 10.1. The molecular weight excluding hydrogens is 263 g/mol. The Balaban J connectivity index is 2.12. The predicted octanol–water partition coefficient (Wildman–Crippen LogP) is 3.21. The number of benzene rings is 2. The molecule has 21 heavy (non-hydrogen) atoms. The summed E-state index contributed by atoms with van der Waals surface area (Å²) in [6, 6.07) is 13.6. The van der Waals surface area contributed by atoms with Crippen molar-refractivity contribution in [1.82, 2.24) is 4.90 Å². The fraction of sp³-hybridized carbons (Fsp3) is 0.333. The third-order valence-corrected chi connectivity index (χ3v) is 4.56. The van der Waals surface area contributed by atoms with Crippen LogP contribution in [0.3, 0.4) is 0 Å². The molecule has 0 bridgehead atoms. The Morgan fingerprint density at radius 2 is 1.90 bits per heavy atom. The monoisotopic (exact) mass is 284 g/mol. The molecule has 1 heterocycles. The standard InChI is InChI=1S/C18H21FN2/c1-12-4-3-5-15-16(13-6-8-14(19)9-7-13)11-21(2)17(10-20)18(12)15/h3-9,16-17H,10-11,20H2,1-2H3. The molecule has 0 fully saturated rings. The quantitative estimate of drug-likeness (QED) is 0.917. The van der Waals surface area contributed by atoms with Gasteiger partial charge in [0.25, 0.3) is 0 Å². The van der Waals surface area contributed by atoms with Crippen molar-refractivity contribution in [3.05, 3.63) is 70.5 Å². The van der Waals surface area contributed by atoms with Crippen LogP contribution in [0.25, 0.3) is 0 Å². The first-order valence-corrected chi connectivity index (χ1v) is 7.37. The molecular formula is C18H21FN2. The highest BCUT2D eigenvalue weighted by Gasteiger charge is 2.31.